The van der Waals surface area contributed by atoms with E-state index in [0.717, 1.165) is 49.0 Å². The first-order valence-electron chi connectivity index (χ1n) is 15.1. The maximum absolute atomic E-state index is 13.6. The van der Waals surface area contributed by atoms with Crippen molar-refractivity contribution in [3.05, 3.63) is 65.2 Å². The highest BCUT2D eigenvalue weighted by molar-refractivity contribution is 6.71. The van der Waals surface area contributed by atoms with Gasteiger partial charge in [0.05, 0.1) is 37.3 Å². The summed E-state index contributed by atoms with van der Waals surface area (Å²) in [5, 5.41) is 16.3. The summed E-state index contributed by atoms with van der Waals surface area (Å²) in [6.07, 6.45) is 3.97. The van der Waals surface area contributed by atoms with Gasteiger partial charge in [-0.25, -0.2) is 0 Å². The van der Waals surface area contributed by atoms with Crippen LogP contribution in [0, 0.1) is 5.92 Å². The molecule has 2 saturated heterocycles. The summed E-state index contributed by atoms with van der Waals surface area (Å²) >= 11 is 0. The predicted octanol–water partition coefficient (Wildman–Crippen LogP) is 3.62. The highest BCUT2D eigenvalue weighted by Crippen LogP contribution is 2.46. The number of nitrogens with one attached hydrogen (secondary N) is 2. The molecule has 0 spiro atoms. The number of aryl methyl sites for hydroxylation is 1. The molecule has 6 atom stereocenters. The van der Waals surface area contributed by atoms with Gasteiger partial charge in [-0.3, -0.25) is 9.59 Å². The Bertz CT molecular complexity index is 1210. The van der Waals surface area contributed by atoms with Crippen LogP contribution < -0.4 is 10.6 Å². The first-order chi connectivity index (χ1) is 19.6. The number of carbonyl (C=O) groups is 2. The van der Waals surface area contributed by atoms with E-state index < -0.39 is 8.32 Å². The standard InChI is InChI=1S/C32H45N3O5Si/c1-21-28(15-12-22-10-13-25(14-11-22)34-32(38)27-9-6-16-33-27)40-29(31(21)41(2,3)39)18-30(37)35-19-24-8-5-4-7-23(24)17-26(35)20-36/h4-5,7-8,10-11,13-14,21,26-29,31,33,36,39H,6,9,12,15-20H2,1-3H3,(H,34,38)/t21-,26-,27+,28+,29-,31+/m0/s1. The first kappa shape index (κ1) is 29.9. The van der Waals surface area contributed by atoms with Gasteiger partial charge in [0.1, 0.15) is 0 Å². The van der Waals surface area contributed by atoms with Gasteiger partial charge in [-0.2, -0.15) is 0 Å². The van der Waals surface area contributed by atoms with Crippen molar-refractivity contribution >= 4 is 25.8 Å². The Balaban J connectivity index is 1.20. The molecule has 2 amide bonds. The highest BCUT2D eigenvalue weighted by atomic mass is 28.4. The maximum Gasteiger partial charge on any atom is 0.241 e. The van der Waals surface area contributed by atoms with Crippen LogP contribution in [0.5, 0.6) is 0 Å². The predicted molar refractivity (Wildman–Crippen MR) is 162 cm³/mol. The van der Waals surface area contributed by atoms with Crippen LogP contribution in [-0.2, 0) is 33.7 Å². The SMILES string of the molecule is C[C@@H]1[C@@H]([Si](C)(C)O)[C@H](CC(=O)N2Cc3ccccc3C[C@H]2CO)O[C@@H]1CCc1ccc(NC(=O)[C@H]2CCCN2)cc1. The van der Waals surface area contributed by atoms with Crippen LogP contribution in [0.15, 0.2) is 48.5 Å². The molecule has 0 saturated carbocycles. The zero-order chi connectivity index (χ0) is 29.1. The van der Waals surface area contributed by atoms with E-state index in [0.29, 0.717) is 13.0 Å². The van der Waals surface area contributed by atoms with Crippen LogP contribution in [0.4, 0.5) is 5.69 Å². The summed E-state index contributed by atoms with van der Waals surface area (Å²) in [6, 6.07) is 15.7. The smallest absolute Gasteiger partial charge is 0.241 e. The fourth-order valence-electron chi connectivity index (χ4n) is 7.14. The largest absolute Gasteiger partial charge is 0.432 e. The highest BCUT2D eigenvalue weighted by Gasteiger charge is 2.50. The molecule has 0 bridgehead atoms. The number of benzene rings is 2. The Morgan fingerprint density at radius 2 is 1.83 bits per heavy atom. The summed E-state index contributed by atoms with van der Waals surface area (Å²) < 4.78 is 6.57. The molecular weight excluding hydrogens is 534 g/mol. The number of anilines is 1. The number of rotatable bonds is 9. The van der Waals surface area contributed by atoms with Crippen molar-refractivity contribution in [1.29, 1.82) is 0 Å². The number of hydrogen-bond acceptors (Lipinski definition) is 6. The summed E-state index contributed by atoms with van der Waals surface area (Å²) in [6.45, 7) is 7.34. The average Bonchev–Trinajstić information content (AvgIpc) is 3.60. The zero-order valence-electron chi connectivity index (χ0n) is 24.5. The van der Waals surface area contributed by atoms with Crippen LogP contribution in [0.3, 0.4) is 0 Å². The van der Waals surface area contributed by atoms with Crippen molar-refractivity contribution in [2.45, 2.75) is 94.9 Å². The summed E-state index contributed by atoms with van der Waals surface area (Å²) in [5.74, 6) is 0.127. The number of fused-ring (bicyclic) bond motifs is 1. The van der Waals surface area contributed by atoms with Crippen molar-refractivity contribution < 1.29 is 24.2 Å². The molecule has 0 radical (unpaired) electrons. The van der Waals surface area contributed by atoms with Crippen LogP contribution in [0.1, 0.15) is 49.3 Å². The van der Waals surface area contributed by atoms with Crippen molar-refractivity contribution in [2.24, 2.45) is 5.92 Å². The van der Waals surface area contributed by atoms with E-state index in [1.807, 2.05) is 55.6 Å². The van der Waals surface area contributed by atoms with Crippen LogP contribution in [0.2, 0.25) is 18.6 Å². The molecule has 41 heavy (non-hydrogen) atoms. The van der Waals surface area contributed by atoms with Gasteiger partial charge in [0, 0.05) is 17.8 Å². The van der Waals surface area contributed by atoms with Gasteiger partial charge in [-0.05, 0) is 86.5 Å². The normalized spacial score (nSPS) is 28.0. The molecule has 2 fully saturated rings. The van der Waals surface area contributed by atoms with Gasteiger partial charge in [0.2, 0.25) is 11.8 Å². The lowest BCUT2D eigenvalue weighted by Gasteiger charge is -2.37. The summed E-state index contributed by atoms with van der Waals surface area (Å²) in [5.41, 5.74) is 4.21. The van der Waals surface area contributed by atoms with Crippen LogP contribution >= 0.6 is 0 Å². The minimum Gasteiger partial charge on any atom is -0.432 e. The van der Waals surface area contributed by atoms with Gasteiger partial charge in [-0.1, -0.05) is 43.3 Å². The van der Waals surface area contributed by atoms with Gasteiger partial charge in [-0.15, -0.1) is 0 Å². The monoisotopic (exact) mass is 579 g/mol. The molecule has 0 aliphatic carbocycles. The molecule has 4 N–H and O–H groups in total. The van der Waals surface area contributed by atoms with E-state index in [-0.39, 0.29) is 60.6 Å². The van der Waals surface area contributed by atoms with Gasteiger partial charge < -0.3 is 30.2 Å². The van der Waals surface area contributed by atoms with E-state index in [9.17, 15) is 19.5 Å². The maximum atomic E-state index is 13.6. The molecule has 3 heterocycles. The Kier molecular flexibility index (Phi) is 9.30. The fraction of sp³-hybridized carbons (Fsp3) is 0.562. The van der Waals surface area contributed by atoms with Crippen molar-refractivity contribution in [2.75, 3.05) is 18.5 Å². The topological polar surface area (TPSA) is 111 Å². The van der Waals surface area contributed by atoms with Crippen LogP contribution in [0.25, 0.3) is 0 Å². The average molecular weight is 580 g/mol. The van der Waals surface area contributed by atoms with Gasteiger partial charge in [0.15, 0.2) is 8.32 Å². The number of nitrogens with zero attached hydrogens (tertiary/aromatic N) is 1. The molecule has 0 unspecified atom stereocenters. The Morgan fingerprint density at radius 1 is 1.10 bits per heavy atom. The zero-order valence-corrected chi connectivity index (χ0v) is 25.5. The number of hydrogen-bond donors (Lipinski definition) is 4. The van der Waals surface area contributed by atoms with Crippen molar-refractivity contribution in [1.82, 2.24) is 10.2 Å². The van der Waals surface area contributed by atoms with Gasteiger partial charge in [0.25, 0.3) is 0 Å². The molecule has 2 aromatic carbocycles. The van der Waals surface area contributed by atoms with Gasteiger partial charge >= 0.3 is 0 Å². The number of aliphatic hydroxyl groups is 1. The summed E-state index contributed by atoms with van der Waals surface area (Å²) in [4.78, 5) is 39.1. The minimum absolute atomic E-state index is 0.0184. The Morgan fingerprint density at radius 3 is 2.49 bits per heavy atom. The third-order valence-corrected chi connectivity index (χ3v) is 11.8. The third kappa shape index (κ3) is 6.92. The fourth-order valence-corrected chi connectivity index (χ4v) is 9.75. The molecule has 2 aromatic rings. The molecule has 9 heteroatoms. The van der Waals surface area contributed by atoms with Crippen molar-refractivity contribution in [3.63, 3.8) is 0 Å². The number of carbonyl (C=O) groups excluding carboxylic acids is 2. The second kappa shape index (κ2) is 12.7. The van der Waals surface area contributed by atoms with Crippen molar-refractivity contribution in [3.8, 4) is 0 Å². The molecule has 222 valence electrons. The molecule has 8 nitrogen and oxygen atoms in total. The Labute approximate surface area is 244 Å². The van der Waals surface area contributed by atoms with E-state index >= 15 is 0 Å². The second-order valence-corrected chi connectivity index (χ2v) is 16.6. The lowest BCUT2D eigenvalue weighted by molar-refractivity contribution is -0.138. The molecule has 3 aliphatic heterocycles. The number of aliphatic hydroxyl groups excluding tert-OH is 1. The van der Waals surface area contributed by atoms with Crippen LogP contribution in [-0.4, -0.2) is 72.4 Å². The van der Waals surface area contributed by atoms with E-state index in [4.69, 9.17) is 4.74 Å². The van der Waals surface area contributed by atoms with E-state index in [2.05, 4.69) is 23.6 Å². The lowest BCUT2D eigenvalue weighted by atomic mass is 9.93. The van der Waals surface area contributed by atoms with E-state index in [1.165, 1.54) is 5.56 Å². The first-order valence-corrected chi connectivity index (χ1v) is 18.1. The molecule has 0 aromatic heterocycles. The molecular formula is C32H45N3O5Si. The molecule has 5 rings (SSSR count). The number of amides is 2. The quantitative estimate of drug-likeness (QED) is 0.338. The molecule has 3 aliphatic rings. The van der Waals surface area contributed by atoms with E-state index in [1.54, 1.807) is 4.90 Å². The lowest BCUT2D eigenvalue weighted by Crippen LogP contribution is -2.48. The summed E-state index contributed by atoms with van der Waals surface area (Å²) in [7, 11) is -2.62. The minimum atomic E-state index is -2.62. The third-order valence-electron chi connectivity index (χ3n) is 9.30. The number of ether oxygens (including phenoxy) is 1. The second-order valence-electron chi connectivity index (χ2n) is 12.7. The Hall–Kier alpha value is -2.56.